The van der Waals surface area contributed by atoms with Gasteiger partial charge in [-0.2, -0.15) is 0 Å². The molecule has 118 valence electrons. The van der Waals surface area contributed by atoms with Gasteiger partial charge < -0.3 is 9.84 Å². The highest BCUT2D eigenvalue weighted by atomic mass is 16.5. The Hall–Kier alpha value is -3.21. The van der Waals surface area contributed by atoms with Crippen molar-refractivity contribution in [3.63, 3.8) is 0 Å². The molecule has 0 bridgehead atoms. The number of hydrogen-bond acceptors (Lipinski definition) is 5. The van der Waals surface area contributed by atoms with Gasteiger partial charge >= 0.3 is 0 Å². The zero-order valence-corrected chi connectivity index (χ0v) is 13.0. The van der Waals surface area contributed by atoms with Crippen molar-refractivity contribution in [3.05, 3.63) is 77.0 Å². The number of benzene rings is 2. The molecule has 2 aliphatic carbocycles. The number of ether oxygens (including phenoxy) is 1. The summed E-state index contributed by atoms with van der Waals surface area (Å²) in [6.45, 7) is 1.73. The molecular formula is C19H12O5. The van der Waals surface area contributed by atoms with E-state index in [0.717, 1.165) is 0 Å². The molecule has 4 rings (SSSR count). The Bertz CT molecular complexity index is 1360. The average Bonchev–Trinajstić information content (AvgIpc) is 2.85. The van der Waals surface area contributed by atoms with Gasteiger partial charge in [0.25, 0.3) is 0 Å². The number of aromatic hydroxyl groups is 1. The number of aryl methyl sites for hydroxylation is 1. The van der Waals surface area contributed by atoms with E-state index in [1.54, 1.807) is 25.1 Å². The normalized spacial score (nSPS) is 11.6. The first-order chi connectivity index (χ1) is 11.5. The van der Waals surface area contributed by atoms with E-state index >= 15 is 0 Å². The van der Waals surface area contributed by atoms with Crippen molar-refractivity contribution in [2.45, 2.75) is 6.92 Å². The molecule has 0 fully saturated rings. The quantitative estimate of drug-likeness (QED) is 0.577. The molecule has 0 unspecified atom stereocenters. The van der Waals surface area contributed by atoms with Crippen LogP contribution in [0.5, 0.6) is 11.5 Å². The van der Waals surface area contributed by atoms with Gasteiger partial charge in [-0.25, -0.2) is 0 Å². The smallest absolute Gasteiger partial charge is 0.202 e. The van der Waals surface area contributed by atoms with Crippen LogP contribution in [0.3, 0.4) is 0 Å². The molecule has 0 heterocycles. The predicted molar refractivity (Wildman–Crippen MR) is 90.9 cm³/mol. The lowest BCUT2D eigenvalue weighted by molar-refractivity contribution is 0.419. The van der Waals surface area contributed by atoms with Crippen LogP contribution in [0.1, 0.15) is 5.56 Å². The van der Waals surface area contributed by atoms with Crippen LogP contribution in [0.4, 0.5) is 0 Å². The van der Waals surface area contributed by atoms with Crippen LogP contribution in [0, 0.1) is 17.4 Å². The van der Waals surface area contributed by atoms with E-state index in [4.69, 9.17) is 4.74 Å². The Labute approximate surface area is 134 Å². The Morgan fingerprint density at radius 1 is 0.875 bits per heavy atom. The number of methoxy groups -OCH3 is 1. The van der Waals surface area contributed by atoms with Crippen molar-refractivity contribution < 1.29 is 9.84 Å². The summed E-state index contributed by atoms with van der Waals surface area (Å²) < 4.78 is 5.18. The van der Waals surface area contributed by atoms with Gasteiger partial charge in [0.2, 0.25) is 5.43 Å². The molecule has 0 atom stereocenters. The largest absolute Gasteiger partial charge is 0.507 e. The lowest BCUT2D eigenvalue weighted by atomic mass is 10.0. The van der Waals surface area contributed by atoms with Crippen molar-refractivity contribution >= 4 is 21.5 Å². The van der Waals surface area contributed by atoms with E-state index < -0.39 is 16.3 Å². The van der Waals surface area contributed by atoms with Gasteiger partial charge in [0.05, 0.1) is 17.7 Å². The number of hydrogen-bond donors (Lipinski definition) is 1. The minimum Gasteiger partial charge on any atom is -0.507 e. The summed E-state index contributed by atoms with van der Waals surface area (Å²) in [5.74, 6) is 0.0809. The number of rotatable bonds is 1. The van der Waals surface area contributed by atoms with Crippen LogP contribution >= 0.6 is 0 Å². The van der Waals surface area contributed by atoms with Gasteiger partial charge in [-0.05, 0) is 30.7 Å². The van der Waals surface area contributed by atoms with Crippen LogP contribution in [0.15, 0.2) is 44.7 Å². The molecule has 2 aromatic rings. The second-order valence-corrected chi connectivity index (χ2v) is 5.83. The number of phenols is 1. The minimum absolute atomic E-state index is 0.0155. The first-order valence-electron chi connectivity index (χ1n) is 7.35. The third-order valence-corrected chi connectivity index (χ3v) is 4.41. The summed E-state index contributed by atoms with van der Waals surface area (Å²) in [5.41, 5.74) is -0.858. The van der Waals surface area contributed by atoms with E-state index in [0.29, 0.717) is 5.56 Å². The van der Waals surface area contributed by atoms with E-state index in [1.807, 2.05) is 0 Å². The fourth-order valence-corrected chi connectivity index (χ4v) is 3.41. The van der Waals surface area contributed by atoms with Crippen molar-refractivity contribution in [1.29, 1.82) is 0 Å². The monoisotopic (exact) mass is 320 g/mol. The summed E-state index contributed by atoms with van der Waals surface area (Å²) in [4.78, 5) is 38.6. The highest BCUT2D eigenvalue weighted by Gasteiger charge is 2.20. The van der Waals surface area contributed by atoms with Crippen LogP contribution in [-0.2, 0) is 0 Å². The van der Waals surface area contributed by atoms with Crippen LogP contribution in [0.2, 0.25) is 0 Å². The summed E-state index contributed by atoms with van der Waals surface area (Å²) in [7, 11) is 1.40. The highest BCUT2D eigenvalue weighted by Crippen LogP contribution is 2.27. The molecule has 5 heteroatoms. The molecule has 0 aliphatic heterocycles. The van der Waals surface area contributed by atoms with E-state index in [-0.39, 0.29) is 43.5 Å². The van der Waals surface area contributed by atoms with Crippen LogP contribution in [-0.4, -0.2) is 12.2 Å². The van der Waals surface area contributed by atoms with Crippen LogP contribution in [0.25, 0.3) is 21.5 Å². The third kappa shape index (κ3) is 1.61. The summed E-state index contributed by atoms with van der Waals surface area (Å²) in [6.07, 6.45) is 0. The molecule has 0 radical (unpaired) electrons. The van der Waals surface area contributed by atoms with E-state index in [1.165, 1.54) is 19.2 Å². The first kappa shape index (κ1) is 14.4. The molecular weight excluding hydrogens is 308 g/mol. The molecule has 5 nitrogen and oxygen atoms in total. The SMILES string of the molecule is COc1cccc2c(=O)c3c4c(O)cc(C)cc4c(=O)c=3c(=O)c12. The second kappa shape index (κ2) is 4.64. The Morgan fingerprint density at radius 2 is 1.58 bits per heavy atom. The molecule has 2 aliphatic rings. The van der Waals surface area contributed by atoms with Gasteiger partial charge in [-0.15, -0.1) is 0 Å². The molecule has 0 saturated carbocycles. The maximum absolute atomic E-state index is 12.9. The zero-order chi connectivity index (χ0) is 17.2. The third-order valence-electron chi connectivity index (χ3n) is 4.41. The molecule has 0 aromatic heterocycles. The van der Waals surface area contributed by atoms with Crippen molar-refractivity contribution in [2.24, 2.45) is 0 Å². The molecule has 0 spiro atoms. The lowest BCUT2D eigenvalue weighted by Crippen LogP contribution is -2.19. The molecule has 24 heavy (non-hydrogen) atoms. The lowest BCUT2D eigenvalue weighted by Gasteiger charge is -2.03. The fourth-order valence-electron chi connectivity index (χ4n) is 3.41. The second-order valence-electron chi connectivity index (χ2n) is 5.83. The fraction of sp³-hybridized carbons (Fsp3) is 0.105. The topological polar surface area (TPSA) is 80.7 Å². The minimum atomic E-state index is -0.546. The summed E-state index contributed by atoms with van der Waals surface area (Å²) in [5, 5.41) is 10.7. The Kier molecular flexibility index (Phi) is 2.78. The molecule has 0 amide bonds. The maximum atomic E-state index is 12.9. The maximum Gasteiger partial charge on any atom is 0.202 e. The molecule has 2 aromatic carbocycles. The van der Waals surface area contributed by atoms with Crippen molar-refractivity contribution in [3.8, 4) is 11.5 Å². The van der Waals surface area contributed by atoms with Crippen LogP contribution < -0.4 is 21.0 Å². The number of phenolic OH excluding ortho intramolecular Hbond substituents is 1. The van der Waals surface area contributed by atoms with Gasteiger partial charge in [-0.3, -0.25) is 14.4 Å². The first-order valence-corrected chi connectivity index (χ1v) is 7.35. The van der Waals surface area contributed by atoms with Gasteiger partial charge in [0, 0.05) is 21.4 Å². The Balaban J connectivity index is 2.52. The van der Waals surface area contributed by atoms with Gasteiger partial charge in [0.15, 0.2) is 10.9 Å². The standard InChI is InChI=1S/C19H12O5/c1-8-6-10-13(11(20)7-8)15-16(18(10)22)19(23)14-9(17(15)21)4-3-5-12(14)24-2/h3-7,20H,1-2H3. The van der Waals surface area contributed by atoms with E-state index in [2.05, 4.69) is 0 Å². The van der Waals surface area contributed by atoms with Gasteiger partial charge in [-0.1, -0.05) is 12.1 Å². The van der Waals surface area contributed by atoms with Crippen molar-refractivity contribution in [2.75, 3.05) is 7.11 Å². The van der Waals surface area contributed by atoms with E-state index in [9.17, 15) is 19.5 Å². The number of fused-ring (bicyclic) bond motifs is 3. The molecule has 1 N–H and O–H groups in total. The summed E-state index contributed by atoms with van der Waals surface area (Å²) in [6, 6.07) is 7.76. The average molecular weight is 320 g/mol. The van der Waals surface area contributed by atoms with Crippen molar-refractivity contribution in [1.82, 2.24) is 0 Å². The predicted octanol–water partition coefficient (Wildman–Crippen LogP) is 1.70. The molecule has 0 saturated heterocycles. The zero-order valence-electron chi connectivity index (χ0n) is 13.0. The summed E-state index contributed by atoms with van der Waals surface area (Å²) >= 11 is 0. The van der Waals surface area contributed by atoms with Gasteiger partial charge in [0.1, 0.15) is 11.5 Å². The highest BCUT2D eigenvalue weighted by molar-refractivity contribution is 5.95. The Morgan fingerprint density at radius 3 is 2.29 bits per heavy atom.